The van der Waals surface area contributed by atoms with Gasteiger partial charge in [-0.05, 0) is 12.1 Å². The zero-order valence-corrected chi connectivity index (χ0v) is 5.94. The van der Waals surface area contributed by atoms with Crippen molar-refractivity contribution in [1.82, 2.24) is 0 Å². The average Bonchev–Trinajstić information content (AvgIpc) is 2.04. The van der Waals surface area contributed by atoms with Gasteiger partial charge in [0.1, 0.15) is 0 Å². The van der Waals surface area contributed by atoms with Crippen molar-refractivity contribution in [2.75, 3.05) is 0 Å². The van der Waals surface area contributed by atoms with Crippen molar-refractivity contribution < 1.29 is 19.8 Å². The molecule has 0 aromatic heterocycles. The molecule has 0 N–H and O–H groups in total. The molecule has 12 heavy (non-hydrogen) atoms. The minimum Gasteiger partial charge on any atom is -0.241 e. The normalized spacial score (nSPS) is 9.33. The van der Waals surface area contributed by atoms with E-state index in [2.05, 4.69) is 0 Å². The van der Waals surface area contributed by atoms with Gasteiger partial charge in [0.25, 0.3) is 0 Å². The van der Waals surface area contributed by atoms with Crippen molar-refractivity contribution in [1.29, 1.82) is 0 Å². The van der Waals surface area contributed by atoms with Crippen LogP contribution in [0.3, 0.4) is 0 Å². The minimum atomic E-state index is -1.52. The fourth-order valence-corrected chi connectivity index (χ4v) is 0.839. The molecule has 0 bridgehead atoms. The topological polar surface area (TPSA) is 73.9 Å². The highest BCUT2D eigenvalue weighted by Gasteiger charge is 2.16. The van der Waals surface area contributed by atoms with Gasteiger partial charge in [-0.1, -0.05) is 12.1 Å². The molecule has 0 spiro atoms. The van der Waals surface area contributed by atoms with Gasteiger partial charge in [-0.3, -0.25) is 0 Å². The van der Waals surface area contributed by atoms with Crippen molar-refractivity contribution in [2.24, 2.45) is 0 Å². The van der Waals surface area contributed by atoms with E-state index in [1.807, 2.05) is 0 Å². The van der Waals surface area contributed by atoms with Crippen LogP contribution in [0.5, 0.6) is 0 Å². The first kappa shape index (κ1) is 8.26. The fraction of sp³-hybridized carbons (Fsp3) is 0. The summed E-state index contributed by atoms with van der Waals surface area (Å²) < 4.78 is 0. The Balaban J connectivity index is 3.27. The minimum absolute atomic E-state index is 0.363. The predicted molar refractivity (Wildman–Crippen MR) is 36.5 cm³/mol. The Kier molecular flexibility index (Phi) is 2.09. The summed E-state index contributed by atoms with van der Waals surface area (Å²) in [7, 11) is 0. The van der Waals surface area contributed by atoms with E-state index in [0.29, 0.717) is 0 Å². The second kappa shape index (κ2) is 3.04. The highest BCUT2D eigenvalue weighted by molar-refractivity contribution is 6.01. The SMILES string of the molecule is [O]C(=O)c1ccccc1C([O])=O. The molecule has 0 saturated heterocycles. The first-order chi connectivity index (χ1) is 5.63. The smallest absolute Gasteiger partial charge is 0.241 e. The lowest BCUT2D eigenvalue weighted by Gasteiger charge is -1.95. The van der Waals surface area contributed by atoms with E-state index in [1.54, 1.807) is 0 Å². The molecule has 1 rings (SSSR count). The highest BCUT2D eigenvalue weighted by Crippen LogP contribution is 2.08. The highest BCUT2D eigenvalue weighted by atomic mass is 16.4. The Morgan fingerprint density at radius 2 is 1.17 bits per heavy atom. The molecule has 0 aliphatic rings. The molecule has 0 atom stereocenters. The van der Waals surface area contributed by atoms with Crippen molar-refractivity contribution in [3.63, 3.8) is 0 Å². The molecule has 0 saturated carbocycles. The fourth-order valence-electron chi connectivity index (χ4n) is 0.839. The van der Waals surface area contributed by atoms with Gasteiger partial charge in [0.05, 0.1) is 11.1 Å². The molecule has 4 nitrogen and oxygen atoms in total. The second-order valence-electron chi connectivity index (χ2n) is 2.12. The van der Waals surface area contributed by atoms with Gasteiger partial charge < -0.3 is 0 Å². The number of carbonyl (C=O) groups is 2. The number of rotatable bonds is 2. The summed E-state index contributed by atoms with van der Waals surface area (Å²) in [6.45, 7) is 0. The number of hydrogen-bond donors (Lipinski definition) is 0. The van der Waals surface area contributed by atoms with Crippen molar-refractivity contribution in [3.05, 3.63) is 35.4 Å². The van der Waals surface area contributed by atoms with Crippen LogP contribution in [0.15, 0.2) is 24.3 Å². The van der Waals surface area contributed by atoms with Crippen LogP contribution in [0.25, 0.3) is 0 Å². The van der Waals surface area contributed by atoms with E-state index in [9.17, 15) is 19.8 Å². The van der Waals surface area contributed by atoms with E-state index < -0.39 is 11.9 Å². The first-order valence-electron chi connectivity index (χ1n) is 3.14. The zero-order chi connectivity index (χ0) is 9.14. The van der Waals surface area contributed by atoms with Crippen LogP contribution in [0.1, 0.15) is 20.7 Å². The van der Waals surface area contributed by atoms with E-state index >= 15 is 0 Å². The molecule has 2 radical (unpaired) electrons. The van der Waals surface area contributed by atoms with Crippen molar-refractivity contribution in [2.45, 2.75) is 0 Å². The lowest BCUT2D eigenvalue weighted by molar-refractivity contribution is 0.0523. The molecule has 4 heteroatoms. The van der Waals surface area contributed by atoms with Gasteiger partial charge in [0, 0.05) is 0 Å². The van der Waals surface area contributed by atoms with Gasteiger partial charge in [-0.15, -0.1) is 0 Å². The maximum absolute atomic E-state index is 10.3. The Morgan fingerprint density at radius 3 is 1.42 bits per heavy atom. The average molecular weight is 164 g/mol. The van der Waals surface area contributed by atoms with Crippen LogP contribution in [0, 0.1) is 0 Å². The van der Waals surface area contributed by atoms with Gasteiger partial charge in [-0.25, -0.2) is 19.8 Å². The van der Waals surface area contributed by atoms with Crippen molar-refractivity contribution in [3.8, 4) is 0 Å². The summed E-state index contributed by atoms with van der Waals surface area (Å²) in [6.07, 6.45) is 0. The van der Waals surface area contributed by atoms with Gasteiger partial charge >= 0.3 is 11.9 Å². The van der Waals surface area contributed by atoms with Crippen LogP contribution in [0.2, 0.25) is 0 Å². The number of hydrogen-bond acceptors (Lipinski definition) is 2. The largest absolute Gasteiger partial charge is 0.387 e. The van der Waals surface area contributed by atoms with Gasteiger partial charge in [-0.2, -0.15) is 0 Å². The molecule has 1 aromatic carbocycles. The first-order valence-corrected chi connectivity index (χ1v) is 3.14. The quantitative estimate of drug-likeness (QED) is 0.649. The summed E-state index contributed by atoms with van der Waals surface area (Å²) in [6, 6.07) is 5.14. The molecule has 0 unspecified atom stereocenters. The van der Waals surface area contributed by atoms with Gasteiger partial charge in [0.15, 0.2) is 0 Å². The van der Waals surface area contributed by atoms with E-state index in [-0.39, 0.29) is 11.1 Å². The van der Waals surface area contributed by atoms with Crippen LogP contribution in [0.4, 0.5) is 0 Å². The Labute approximate surface area is 68.1 Å². The van der Waals surface area contributed by atoms with Crippen LogP contribution in [-0.4, -0.2) is 11.9 Å². The third-order valence-electron chi connectivity index (χ3n) is 1.37. The van der Waals surface area contributed by atoms with Crippen LogP contribution < -0.4 is 0 Å². The molecule has 1 aromatic rings. The van der Waals surface area contributed by atoms with E-state index in [1.165, 1.54) is 12.1 Å². The monoisotopic (exact) mass is 164 g/mol. The summed E-state index contributed by atoms with van der Waals surface area (Å²) in [4.78, 5) is 20.6. The Hall–Kier alpha value is -1.84. The Bertz CT molecular complexity index is 297. The summed E-state index contributed by atoms with van der Waals surface area (Å²) in [5.74, 6) is -3.04. The standard InChI is InChI=1S/C8H4O4/c9-7(10)5-3-1-2-4-6(5)8(11)12/h1-4H. The third-order valence-corrected chi connectivity index (χ3v) is 1.37. The molecule has 60 valence electrons. The van der Waals surface area contributed by atoms with Crippen molar-refractivity contribution >= 4 is 11.9 Å². The molecular weight excluding hydrogens is 160 g/mol. The van der Waals surface area contributed by atoms with E-state index in [4.69, 9.17) is 0 Å². The molecule has 0 aliphatic carbocycles. The molecule has 0 fully saturated rings. The molecular formula is C8H4O4. The van der Waals surface area contributed by atoms with E-state index in [0.717, 1.165) is 12.1 Å². The number of carbonyl (C=O) groups excluding carboxylic acids is 2. The lowest BCUT2D eigenvalue weighted by Crippen LogP contribution is -2.05. The maximum Gasteiger partial charge on any atom is 0.387 e. The lowest BCUT2D eigenvalue weighted by atomic mass is 10.1. The Morgan fingerprint density at radius 1 is 0.833 bits per heavy atom. The van der Waals surface area contributed by atoms with Gasteiger partial charge in [0.2, 0.25) is 0 Å². The zero-order valence-electron chi connectivity index (χ0n) is 5.94. The molecule has 0 amide bonds. The second-order valence-corrected chi connectivity index (χ2v) is 2.12. The maximum atomic E-state index is 10.3. The van der Waals surface area contributed by atoms with Crippen LogP contribution in [-0.2, 0) is 10.2 Å². The predicted octanol–water partition coefficient (Wildman–Crippen LogP) is 0.828. The molecule has 0 aliphatic heterocycles. The summed E-state index contributed by atoms with van der Waals surface area (Å²) in [5, 5.41) is 20.6. The van der Waals surface area contributed by atoms with Crippen LogP contribution >= 0.6 is 0 Å². The number of benzene rings is 1. The summed E-state index contributed by atoms with van der Waals surface area (Å²) >= 11 is 0. The molecule has 0 heterocycles. The summed E-state index contributed by atoms with van der Waals surface area (Å²) in [5.41, 5.74) is -0.727. The third kappa shape index (κ3) is 1.42.